The Morgan fingerprint density at radius 3 is 2.14 bits per heavy atom. The number of hydrogen-bond acceptors (Lipinski definition) is 13. The first-order valence-corrected chi connectivity index (χ1v) is 27.2. The summed E-state index contributed by atoms with van der Waals surface area (Å²) in [5.41, 5.74) is 20.4. The summed E-state index contributed by atoms with van der Waals surface area (Å²) in [5, 5.41) is 25.9. The molecule has 10 rings (SSSR count). The van der Waals surface area contributed by atoms with Crippen LogP contribution < -0.4 is 16.8 Å². The van der Waals surface area contributed by atoms with Gasteiger partial charge in [0.25, 0.3) is 5.91 Å². The lowest BCUT2D eigenvalue weighted by Gasteiger charge is -2.32. The molecule has 16 nitrogen and oxygen atoms in total. The molecule has 7 aromatic heterocycles. The number of nitrogens with two attached hydrogens (primary N) is 2. The van der Waals surface area contributed by atoms with Gasteiger partial charge >= 0.3 is 0 Å². The highest BCUT2D eigenvalue weighted by Gasteiger charge is 2.36. The number of nitrogen functional groups attached to an aromatic ring is 2. The molecule has 1 saturated heterocycles. The minimum atomic E-state index is -1.25. The van der Waals surface area contributed by atoms with Crippen LogP contribution in [0.1, 0.15) is 139 Å². The number of thiophene rings is 1. The summed E-state index contributed by atoms with van der Waals surface area (Å²) in [6.07, 6.45) is 15.6. The third kappa shape index (κ3) is 11.2. The number of amides is 2. The molecule has 18 heteroatoms. The molecule has 73 heavy (non-hydrogen) atoms. The number of benzene rings is 1. The smallest absolute Gasteiger partial charge is 0.251 e. The molecule has 0 spiro atoms. The van der Waals surface area contributed by atoms with Crippen molar-refractivity contribution in [2.24, 2.45) is 0 Å². The molecule has 1 saturated carbocycles. The third-order valence-electron chi connectivity index (χ3n) is 14.0. The van der Waals surface area contributed by atoms with Crippen molar-refractivity contribution in [2.75, 3.05) is 31.1 Å². The monoisotopic (exact) mass is 1070 g/mol. The molecular formula is C55H65BrN12O4S. The lowest BCUT2D eigenvalue weighted by molar-refractivity contribution is -0.141. The standard InChI is InChI=1S/C30H35BrN6O2.C23H24N6O2S.C2H6/c1-2-20(14-17-33-29(38)30(39)15-8-3-4-9-16-30)26-25(31)27(32)37-28(36-26)23(19-35-37)22-12-13-24(34-18-22)21-10-6-5-7-11-21;1-3-18(31)28-7-4-14(5-8-28)20-19(13(2)30)21(24)29-22(27-20)17(12-26-29)16-10-15-6-9-32-23(15)25-11-16;1-2/h5-7,10-13,18-20,39H,2-4,8-9,14-17,32H2,1H3,(H,33,38);6,9-12,14H,3-5,7-8,24H2,1-2H3;1-2H3. The van der Waals surface area contributed by atoms with Gasteiger partial charge in [-0.15, -0.1) is 11.3 Å². The van der Waals surface area contributed by atoms with E-state index in [1.807, 2.05) is 92.0 Å². The van der Waals surface area contributed by atoms with E-state index in [-0.39, 0.29) is 29.4 Å². The van der Waals surface area contributed by atoms with Gasteiger partial charge in [-0.25, -0.2) is 15.0 Å². The predicted octanol–water partition coefficient (Wildman–Crippen LogP) is 10.8. The van der Waals surface area contributed by atoms with Crippen LogP contribution in [0.2, 0.25) is 0 Å². The Morgan fingerprint density at radius 1 is 0.836 bits per heavy atom. The first kappa shape index (κ1) is 52.7. The third-order valence-corrected chi connectivity index (χ3v) is 15.7. The van der Waals surface area contributed by atoms with Crippen molar-refractivity contribution in [1.29, 1.82) is 0 Å². The maximum absolute atomic E-state index is 12.8. The Balaban J connectivity index is 0.000000192. The van der Waals surface area contributed by atoms with Gasteiger partial charge in [-0.2, -0.15) is 19.2 Å². The Labute approximate surface area is 438 Å². The van der Waals surface area contributed by atoms with Crippen LogP contribution in [0.3, 0.4) is 0 Å². The van der Waals surface area contributed by atoms with Crippen molar-refractivity contribution in [3.05, 3.63) is 106 Å². The van der Waals surface area contributed by atoms with Gasteiger partial charge in [0.05, 0.1) is 39.5 Å². The van der Waals surface area contributed by atoms with E-state index in [4.69, 9.17) is 21.4 Å². The molecule has 1 unspecified atom stereocenters. The fourth-order valence-electron chi connectivity index (χ4n) is 9.94. The van der Waals surface area contributed by atoms with E-state index in [0.29, 0.717) is 84.0 Å². The van der Waals surface area contributed by atoms with Crippen LogP contribution in [-0.2, 0) is 9.59 Å². The summed E-state index contributed by atoms with van der Waals surface area (Å²) in [4.78, 5) is 59.5. The van der Waals surface area contributed by atoms with E-state index in [1.54, 1.807) is 32.8 Å². The predicted molar refractivity (Wildman–Crippen MR) is 293 cm³/mol. The quantitative estimate of drug-likeness (QED) is 0.0662. The first-order valence-electron chi connectivity index (χ1n) is 25.5. The topological polar surface area (TPSA) is 225 Å². The normalized spacial score (nSPS) is 15.2. The molecular weight excluding hydrogens is 1000 g/mol. The van der Waals surface area contributed by atoms with Gasteiger partial charge in [-0.05, 0) is 85.0 Å². The highest BCUT2D eigenvalue weighted by atomic mass is 79.9. The molecule has 0 bridgehead atoms. The van der Waals surface area contributed by atoms with E-state index < -0.39 is 5.60 Å². The van der Waals surface area contributed by atoms with Gasteiger partial charge in [0, 0.05) is 83.5 Å². The van der Waals surface area contributed by atoms with Gasteiger partial charge < -0.3 is 26.8 Å². The van der Waals surface area contributed by atoms with Crippen LogP contribution in [-0.4, -0.2) is 92.0 Å². The van der Waals surface area contributed by atoms with Crippen molar-refractivity contribution in [3.8, 4) is 33.5 Å². The number of nitrogens with zero attached hydrogens (tertiary/aromatic N) is 9. The highest BCUT2D eigenvalue weighted by molar-refractivity contribution is 9.10. The van der Waals surface area contributed by atoms with Gasteiger partial charge in [-0.1, -0.05) is 89.8 Å². The summed E-state index contributed by atoms with van der Waals surface area (Å²) in [6.45, 7) is 11.3. The van der Waals surface area contributed by atoms with Crippen LogP contribution in [0.15, 0.2) is 89.2 Å². The number of nitrogens with one attached hydrogen (secondary N) is 1. The molecule has 2 amide bonds. The van der Waals surface area contributed by atoms with Crippen LogP contribution in [0, 0.1) is 0 Å². The van der Waals surface area contributed by atoms with Crippen molar-refractivity contribution in [3.63, 3.8) is 0 Å². The molecule has 8 aromatic rings. The summed E-state index contributed by atoms with van der Waals surface area (Å²) in [6, 6.07) is 18.2. The molecule has 2 fully saturated rings. The van der Waals surface area contributed by atoms with Crippen molar-refractivity contribution in [1.82, 2.24) is 49.4 Å². The van der Waals surface area contributed by atoms with Gasteiger partial charge in [0.15, 0.2) is 17.1 Å². The zero-order valence-electron chi connectivity index (χ0n) is 42.3. The number of halogens is 1. The molecule has 1 aliphatic carbocycles. The Morgan fingerprint density at radius 2 is 1.49 bits per heavy atom. The number of rotatable bonds is 12. The molecule has 1 aliphatic heterocycles. The maximum Gasteiger partial charge on any atom is 0.251 e. The molecule has 6 N–H and O–H groups in total. The number of carbonyl (C=O) groups is 3. The first-order chi connectivity index (χ1) is 35.4. The largest absolute Gasteiger partial charge is 0.383 e. The molecule has 2 aliphatic rings. The maximum atomic E-state index is 12.8. The van der Waals surface area contributed by atoms with Crippen LogP contribution in [0.4, 0.5) is 11.6 Å². The number of aromatic nitrogens is 8. The van der Waals surface area contributed by atoms with Crippen LogP contribution >= 0.6 is 27.3 Å². The summed E-state index contributed by atoms with van der Waals surface area (Å²) < 4.78 is 3.90. The average Bonchev–Trinajstić information content (AvgIpc) is 4.16. The van der Waals surface area contributed by atoms with Gasteiger partial charge in [0.2, 0.25) is 5.91 Å². The van der Waals surface area contributed by atoms with E-state index in [0.717, 1.165) is 94.4 Å². The second-order valence-electron chi connectivity index (χ2n) is 18.5. The molecule has 1 aromatic carbocycles. The lowest BCUT2D eigenvalue weighted by atomic mass is 9.89. The number of hydrogen-bond donors (Lipinski definition) is 4. The zero-order valence-corrected chi connectivity index (χ0v) is 44.7. The number of fused-ring (bicyclic) bond motifs is 3. The second-order valence-corrected chi connectivity index (χ2v) is 20.2. The van der Waals surface area contributed by atoms with E-state index in [9.17, 15) is 19.5 Å². The molecule has 382 valence electrons. The van der Waals surface area contributed by atoms with Crippen molar-refractivity contribution in [2.45, 2.75) is 123 Å². The lowest BCUT2D eigenvalue weighted by Crippen LogP contribution is -2.46. The number of piperidine rings is 1. The fourth-order valence-corrected chi connectivity index (χ4v) is 11.2. The number of pyridine rings is 2. The second kappa shape index (κ2) is 23.5. The Hall–Kier alpha value is -6.63. The van der Waals surface area contributed by atoms with E-state index >= 15 is 0 Å². The summed E-state index contributed by atoms with van der Waals surface area (Å²) in [5.74, 6) is 0.667. The summed E-state index contributed by atoms with van der Waals surface area (Å²) >= 11 is 5.25. The van der Waals surface area contributed by atoms with E-state index in [1.165, 1.54) is 6.92 Å². The minimum Gasteiger partial charge on any atom is -0.383 e. The number of ketones is 1. The SMILES string of the molecule is CC.CCC(=O)N1CCC(c2nc3c(-c4cnc5sccc5c4)cnn3c(N)c2C(C)=O)CC1.CCC(CCNC(=O)C1(O)CCCCCC1)c1nc2c(-c3ccc(-c4ccccc4)nc3)cnn2c(N)c1Br. The Kier molecular flexibility index (Phi) is 17.0. The van der Waals surface area contributed by atoms with Crippen molar-refractivity contribution >= 4 is 78.0 Å². The average molecular weight is 1070 g/mol. The number of Topliss-reactive ketones (excluding diaryl/α,β-unsaturated/α-hetero) is 1. The fraction of sp³-hybridized carbons (Fsp3) is 0.400. The number of anilines is 2. The zero-order chi connectivity index (χ0) is 51.8. The van der Waals surface area contributed by atoms with Crippen molar-refractivity contribution < 1.29 is 19.5 Å². The Bertz CT molecular complexity index is 3210. The number of carbonyl (C=O) groups excluding carboxylic acids is 3. The number of likely N-dealkylation sites (tertiary alicyclic amines) is 1. The van der Waals surface area contributed by atoms with Gasteiger partial charge in [0.1, 0.15) is 22.1 Å². The highest BCUT2D eigenvalue weighted by Crippen LogP contribution is 2.38. The van der Waals surface area contributed by atoms with E-state index in [2.05, 4.69) is 54.4 Å². The molecule has 1 atom stereocenters. The minimum absolute atomic E-state index is 0.0529. The van der Waals surface area contributed by atoms with Crippen LogP contribution in [0.25, 0.3) is 55.0 Å². The molecule has 0 radical (unpaired) electrons. The summed E-state index contributed by atoms with van der Waals surface area (Å²) in [7, 11) is 0. The molecule has 8 heterocycles. The number of aliphatic hydroxyl groups is 1. The van der Waals surface area contributed by atoms with Gasteiger partial charge in [-0.3, -0.25) is 19.4 Å². The van der Waals surface area contributed by atoms with Crippen LogP contribution in [0.5, 0.6) is 0 Å².